The van der Waals surface area contributed by atoms with Crippen molar-refractivity contribution in [1.82, 2.24) is 15.4 Å². The third-order valence-electron chi connectivity index (χ3n) is 8.10. The SMILES string of the molecule is COc1ccc2c(c1)CCC1NC(NCC3CCC(CNS(=O)(=O)c4ccccc4)CC3)CC21. The fourth-order valence-electron chi connectivity index (χ4n) is 6.09. The van der Waals surface area contributed by atoms with E-state index < -0.39 is 10.0 Å². The van der Waals surface area contributed by atoms with Gasteiger partial charge < -0.3 is 10.1 Å². The van der Waals surface area contributed by atoms with E-state index in [1.165, 1.54) is 17.5 Å². The van der Waals surface area contributed by atoms with Crippen molar-refractivity contribution in [2.24, 2.45) is 11.8 Å². The van der Waals surface area contributed by atoms with Crippen LogP contribution < -0.4 is 20.1 Å². The summed E-state index contributed by atoms with van der Waals surface area (Å²) < 4.78 is 33.2. The Morgan fingerprint density at radius 2 is 1.71 bits per heavy atom. The molecule has 0 radical (unpaired) electrons. The van der Waals surface area contributed by atoms with Gasteiger partial charge >= 0.3 is 0 Å². The molecule has 0 spiro atoms. The molecule has 1 saturated heterocycles. The van der Waals surface area contributed by atoms with E-state index in [-0.39, 0.29) is 0 Å². The Kier molecular flexibility index (Phi) is 7.25. The van der Waals surface area contributed by atoms with Gasteiger partial charge in [-0.3, -0.25) is 5.32 Å². The van der Waals surface area contributed by atoms with Gasteiger partial charge in [0.25, 0.3) is 0 Å². The molecular weight excluding hydrogens is 446 g/mol. The van der Waals surface area contributed by atoms with Crippen LogP contribution in [0.5, 0.6) is 5.75 Å². The summed E-state index contributed by atoms with van der Waals surface area (Å²) in [5, 5.41) is 7.65. The van der Waals surface area contributed by atoms with Crippen LogP contribution in [0.2, 0.25) is 0 Å². The monoisotopic (exact) mass is 483 g/mol. The summed E-state index contributed by atoms with van der Waals surface area (Å²) in [6, 6.07) is 15.8. The molecule has 1 saturated carbocycles. The second kappa shape index (κ2) is 10.4. The fourth-order valence-corrected chi connectivity index (χ4v) is 7.23. The largest absolute Gasteiger partial charge is 0.497 e. The van der Waals surface area contributed by atoms with E-state index in [9.17, 15) is 8.42 Å². The van der Waals surface area contributed by atoms with Crippen LogP contribution in [0.3, 0.4) is 0 Å². The summed E-state index contributed by atoms with van der Waals surface area (Å²) in [5.41, 5.74) is 2.94. The highest BCUT2D eigenvalue weighted by atomic mass is 32.2. The van der Waals surface area contributed by atoms with Crippen LogP contribution in [0.4, 0.5) is 0 Å². The molecule has 2 aliphatic carbocycles. The van der Waals surface area contributed by atoms with Crippen LogP contribution in [-0.4, -0.2) is 40.8 Å². The van der Waals surface area contributed by atoms with E-state index in [0.717, 1.165) is 50.8 Å². The number of nitrogens with one attached hydrogen (secondary N) is 3. The molecule has 5 rings (SSSR count). The molecule has 1 aliphatic heterocycles. The first-order valence-corrected chi connectivity index (χ1v) is 14.2. The van der Waals surface area contributed by atoms with Crippen molar-refractivity contribution in [1.29, 1.82) is 0 Å². The van der Waals surface area contributed by atoms with Gasteiger partial charge in [-0.1, -0.05) is 24.3 Å². The first-order valence-electron chi connectivity index (χ1n) is 12.7. The molecule has 3 N–H and O–H groups in total. The van der Waals surface area contributed by atoms with Crippen LogP contribution in [0.1, 0.15) is 55.6 Å². The number of sulfonamides is 1. The number of aryl methyl sites for hydroxylation is 1. The lowest BCUT2D eigenvalue weighted by Gasteiger charge is -2.29. The summed E-state index contributed by atoms with van der Waals surface area (Å²) in [5.74, 6) is 2.64. The quantitative estimate of drug-likeness (QED) is 0.532. The van der Waals surface area contributed by atoms with Crippen LogP contribution >= 0.6 is 0 Å². The third kappa shape index (κ3) is 5.33. The molecule has 3 aliphatic rings. The van der Waals surface area contributed by atoms with Crippen molar-refractivity contribution >= 4 is 10.0 Å². The summed E-state index contributed by atoms with van der Waals surface area (Å²) in [7, 11) is -1.67. The molecule has 7 heteroatoms. The van der Waals surface area contributed by atoms with Gasteiger partial charge in [0.1, 0.15) is 5.75 Å². The zero-order valence-electron chi connectivity index (χ0n) is 20.0. The second-order valence-corrected chi connectivity index (χ2v) is 12.0. The van der Waals surface area contributed by atoms with Crippen molar-refractivity contribution in [2.45, 2.75) is 68.0 Å². The Bertz CT molecular complexity index is 1070. The molecule has 3 unspecified atom stereocenters. The summed E-state index contributed by atoms with van der Waals surface area (Å²) in [6.07, 6.45) is 8.31. The molecule has 2 aromatic rings. The molecule has 0 bridgehead atoms. The average Bonchev–Trinajstić information content (AvgIpc) is 3.31. The van der Waals surface area contributed by atoms with E-state index in [1.807, 2.05) is 6.07 Å². The highest BCUT2D eigenvalue weighted by Crippen LogP contribution is 2.40. The normalized spacial score (nSPS) is 28.8. The number of hydrogen-bond acceptors (Lipinski definition) is 5. The van der Waals surface area contributed by atoms with Gasteiger partial charge in [-0.15, -0.1) is 0 Å². The highest BCUT2D eigenvalue weighted by molar-refractivity contribution is 7.89. The predicted octanol–water partition coefficient (Wildman–Crippen LogP) is 3.79. The van der Waals surface area contributed by atoms with Crippen LogP contribution in [-0.2, 0) is 16.4 Å². The van der Waals surface area contributed by atoms with Crippen molar-refractivity contribution in [3.63, 3.8) is 0 Å². The lowest BCUT2D eigenvalue weighted by Crippen LogP contribution is -2.43. The van der Waals surface area contributed by atoms with E-state index in [0.29, 0.717) is 41.4 Å². The predicted molar refractivity (Wildman–Crippen MR) is 134 cm³/mol. The van der Waals surface area contributed by atoms with Gasteiger partial charge in [-0.05, 0) is 98.7 Å². The lowest BCUT2D eigenvalue weighted by molar-refractivity contribution is 0.258. The van der Waals surface area contributed by atoms with E-state index in [2.05, 4.69) is 33.6 Å². The molecule has 0 amide bonds. The molecule has 184 valence electrons. The molecule has 6 nitrogen and oxygen atoms in total. The first-order chi connectivity index (χ1) is 16.5. The highest BCUT2D eigenvalue weighted by Gasteiger charge is 2.38. The van der Waals surface area contributed by atoms with Gasteiger partial charge in [0, 0.05) is 18.5 Å². The standard InChI is InChI=1S/C27H37N3O3S/c1-33-22-12-13-24-21(15-22)11-14-26-25(24)16-27(30-26)28-17-19-7-9-20(10-8-19)18-29-34(31,32)23-5-3-2-4-6-23/h2-6,12-13,15,19-20,25-30H,7-11,14,16-18H2,1H3. The number of methoxy groups -OCH3 is 1. The van der Waals surface area contributed by atoms with Gasteiger partial charge in [0.15, 0.2) is 0 Å². The smallest absolute Gasteiger partial charge is 0.240 e. The maximum atomic E-state index is 12.5. The zero-order chi connectivity index (χ0) is 23.5. The van der Waals surface area contributed by atoms with Gasteiger partial charge in [-0.2, -0.15) is 0 Å². The topological polar surface area (TPSA) is 79.5 Å². The van der Waals surface area contributed by atoms with Gasteiger partial charge in [0.05, 0.1) is 18.2 Å². The van der Waals surface area contributed by atoms with Crippen LogP contribution in [0.25, 0.3) is 0 Å². The Morgan fingerprint density at radius 1 is 0.971 bits per heavy atom. The van der Waals surface area contributed by atoms with Gasteiger partial charge in [-0.25, -0.2) is 13.1 Å². The lowest BCUT2D eigenvalue weighted by atomic mass is 9.79. The minimum atomic E-state index is -3.41. The maximum Gasteiger partial charge on any atom is 0.240 e. The first kappa shape index (κ1) is 23.8. The van der Waals surface area contributed by atoms with Crippen molar-refractivity contribution in [3.8, 4) is 5.75 Å². The van der Waals surface area contributed by atoms with Gasteiger partial charge in [0.2, 0.25) is 10.0 Å². The minimum Gasteiger partial charge on any atom is -0.497 e. The molecule has 0 aromatic heterocycles. The average molecular weight is 484 g/mol. The second-order valence-electron chi connectivity index (χ2n) is 10.2. The van der Waals surface area contributed by atoms with Crippen LogP contribution in [0.15, 0.2) is 53.4 Å². The van der Waals surface area contributed by atoms with Crippen molar-refractivity contribution in [2.75, 3.05) is 20.2 Å². The summed E-state index contributed by atoms with van der Waals surface area (Å²) >= 11 is 0. The number of fused-ring (bicyclic) bond motifs is 3. The third-order valence-corrected chi connectivity index (χ3v) is 9.54. The molecule has 3 atom stereocenters. The van der Waals surface area contributed by atoms with E-state index >= 15 is 0 Å². The number of ether oxygens (including phenoxy) is 1. The number of hydrogen-bond donors (Lipinski definition) is 3. The number of rotatable bonds is 8. The molecular formula is C27H37N3O3S. The Morgan fingerprint density at radius 3 is 2.44 bits per heavy atom. The zero-order valence-corrected chi connectivity index (χ0v) is 20.8. The van der Waals surface area contributed by atoms with Crippen molar-refractivity contribution < 1.29 is 13.2 Å². The Hall–Kier alpha value is -1.93. The van der Waals surface area contributed by atoms with Crippen LogP contribution in [0, 0.1) is 11.8 Å². The molecule has 2 fully saturated rings. The summed E-state index contributed by atoms with van der Waals surface area (Å²) in [4.78, 5) is 0.347. The molecule has 2 aromatic carbocycles. The molecule has 1 heterocycles. The Labute approximate surface area is 203 Å². The Balaban J connectivity index is 1.05. The minimum absolute atomic E-state index is 0.347. The summed E-state index contributed by atoms with van der Waals surface area (Å²) in [6.45, 7) is 1.57. The fraction of sp³-hybridized carbons (Fsp3) is 0.556. The maximum absolute atomic E-state index is 12.5. The van der Waals surface area contributed by atoms with E-state index in [4.69, 9.17) is 4.74 Å². The molecule has 34 heavy (non-hydrogen) atoms. The van der Waals surface area contributed by atoms with Crippen molar-refractivity contribution in [3.05, 3.63) is 59.7 Å². The number of benzene rings is 2. The van der Waals surface area contributed by atoms with E-state index in [1.54, 1.807) is 31.4 Å².